The number of hydrogen-bond acceptors (Lipinski definition) is 7. The number of ketones is 1. The van der Waals surface area contributed by atoms with Crippen molar-refractivity contribution in [1.29, 1.82) is 0 Å². The van der Waals surface area contributed by atoms with Crippen LogP contribution in [0.5, 0.6) is 0 Å². The van der Waals surface area contributed by atoms with Crippen LogP contribution in [0.2, 0.25) is 10.2 Å². The Morgan fingerprint density at radius 1 is 0.952 bits per heavy atom. The van der Waals surface area contributed by atoms with Crippen molar-refractivity contribution >= 4 is 35.0 Å². The summed E-state index contributed by atoms with van der Waals surface area (Å²) >= 11 is 12.2. The van der Waals surface area contributed by atoms with Crippen molar-refractivity contribution in [3.8, 4) is 16.9 Å². The quantitative estimate of drug-likeness (QED) is 0.192. The van der Waals surface area contributed by atoms with Gasteiger partial charge in [0.05, 0.1) is 36.1 Å². The molecule has 3 aromatic carbocycles. The van der Waals surface area contributed by atoms with Crippen LogP contribution in [0, 0.1) is 0 Å². The van der Waals surface area contributed by atoms with E-state index in [9.17, 15) is 14.4 Å². The highest BCUT2D eigenvalue weighted by molar-refractivity contribution is 6.31. The lowest BCUT2D eigenvalue weighted by Crippen LogP contribution is -2.32. The van der Waals surface area contributed by atoms with Crippen LogP contribution < -0.4 is 5.56 Å². The molecule has 0 fully saturated rings. The molecule has 0 amide bonds. The normalized spacial score (nSPS) is 11.7. The lowest BCUT2D eigenvalue weighted by atomic mass is 9.97. The van der Waals surface area contributed by atoms with E-state index >= 15 is 0 Å². The SMILES string of the molecule is CCOC(=O)c1ccc(CC(=O)[C@H](Cc2ccccc2)n2cnc(-c3cc(Cl)ccc3-n3cc(Cl)nn3)cc2=O)cc1. The van der Waals surface area contributed by atoms with Gasteiger partial charge in [0.15, 0.2) is 10.9 Å². The molecule has 1 atom stereocenters. The van der Waals surface area contributed by atoms with E-state index in [0.29, 0.717) is 39.5 Å². The van der Waals surface area contributed by atoms with Gasteiger partial charge in [-0.25, -0.2) is 14.5 Å². The Morgan fingerprint density at radius 2 is 1.71 bits per heavy atom. The molecule has 9 nitrogen and oxygen atoms in total. The van der Waals surface area contributed by atoms with Gasteiger partial charge in [-0.05, 0) is 48.4 Å². The third kappa shape index (κ3) is 6.64. The van der Waals surface area contributed by atoms with Crippen molar-refractivity contribution in [2.24, 2.45) is 0 Å². The highest BCUT2D eigenvalue weighted by Crippen LogP contribution is 2.28. The summed E-state index contributed by atoms with van der Waals surface area (Å²) < 4.78 is 7.85. The van der Waals surface area contributed by atoms with Crippen LogP contribution in [0.4, 0.5) is 0 Å². The Bertz CT molecular complexity index is 1790. The lowest BCUT2D eigenvalue weighted by Gasteiger charge is -2.19. The molecule has 0 aliphatic carbocycles. The maximum absolute atomic E-state index is 13.7. The number of rotatable bonds is 10. The maximum Gasteiger partial charge on any atom is 0.338 e. The zero-order valence-electron chi connectivity index (χ0n) is 22.5. The summed E-state index contributed by atoms with van der Waals surface area (Å²) in [7, 11) is 0. The molecule has 0 aliphatic heterocycles. The summed E-state index contributed by atoms with van der Waals surface area (Å²) in [6, 6.07) is 21.8. The third-order valence-electron chi connectivity index (χ3n) is 6.61. The molecule has 0 aliphatic rings. The van der Waals surface area contributed by atoms with Gasteiger partial charge in [0.1, 0.15) is 6.04 Å². The summed E-state index contributed by atoms with van der Waals surface area (Å²) in [5.41, 5.74) is 3.06. The first kappa shape index (κ1) is 28.9. The molecule has 0 saturated carbocycles. The summed E-state index contributed by atoms with van der Waals surface area (Å²) in [5.74, 6) is -0.607. The van der Waals surface area contributed by atoms with E-state index in [1.165, 1.54) is 27.8 Å². The number of benzene rings is 3. The average Bonchev–Trinajstić information content (AvgIpc) is 3.43. The van der Waals surface area contributed by atoms with Gasteiger partial charge in [-0.15, -0.1) is 5.10 Å². The molecule has 5 rings (SSSR count). The number of carbonyl (C=O) groups excluding carboxylic acids is 2. The first-order valence-electron chi connectivity index (χ1n) is 13.1. The molecule has 0 saturated heterocycles. The van der Waals surface area contributed by atoms with Gasteiger partial charge in [0.2, 0.25) is 0 Å². The number of Topliss-reactive ketones (excluding diaryl/α,β-unsaturated/α-hetero) is 1. The first-order valence-corrected chi connectivity index (χ1v) is 13.9. The number of esters is 1. The summed E-state index contributed by atoms with van der Waals surface area (Å²) in [4.78, 5) is 43.8. The number of hydrogen-bond donors (Lipinski definition) is 0. The van der Waals surface area contributed by atoms with Gasteiger partial charge in [-0.1, -0.05) is 70.9 Å². The molecule has 0 radical (unpaired) electrons. The topological polar surface area (TPSA) is 109 Å². The second-order valence-corrected chi connectivity index (χ2v) is 10.3. The highest BCUT2D eigenvalue weighted by atomic mass is 35.5. The molecule has 2 heterocycles. The zero-order valence-corrected chi connectivity index (χ0v) is 24.0. The molecule has 5 aromatic rings. The Hall–Kier alpha value is -4.60. The molecular weight excluding hydrogens is 577 g/mol. The minimum atomic E-state index is -0.820. The molecule has 11 heteroatoms. The fourth-order valence-electron chi connectivity index (χ4n) is 4.56. The van der Waals surface area contributed by atoms with Crippen molar-refractivity contribution < 1.29 is 14.3 Å². The van der Waals surface area contributed by atoms with Gasteiger partial charge < -0.3 is 4.74 Å². The van der Waals surface area contributed by atoms with E-state index in [1.807, 2.05) is 30.3 Å². The molecule has 212 valence electrons. The second-order valence-electron chi connectivity index (χ2n) is 9.43. The number of halogens is 2. The second kappa shape index (κ2) is 12.9. The minimum absolute atomic E-state index is 0.0558. The van der Waals surface area contributed by atoms with E-state index in [2.05, 4.69) is 15.3 Å². The molecule has 0 N–H and O–H groups in total. The fourth-order valence-corrected chi connectivity index (χ4v) is 4.86. The zero-order chi connectivity index (χ0) is 29.6. The van der Waals surface area contributed by atoms with Crippen LogP contribution >= 0.6 is 23.2 Å². The summed E-state index contributed by atoms with van der Waals surface area (Å²) in [6.45, 7) is 2.01. The van der Waals surface area contributed by atoms with Crippen LogP contribution in [-0.2, 0) is 22.4 Å². The van der Waals surface area contributed by atoms with Crippen LogP contribution in [0.25, 0.3) is 16.9 Å². The first-order chi connectivity index (χ1) is 20.3. The standard InChI is InChI=1S/C31H25Cl2N5O4/c1-2-42-31(41)22-10-8-21(9-11-22)15-28(39)27(14-20-6-4-3-5-7-20)37-19-34-25(17-30(37)40)24-16-23(32)12-13-26(24)38-18-29(33)35-36-38/h3-13,16-19,27H,2,14-15H2,1H3/t27-/m0/s1. The van der Waals surface area contributed by atoms with Crippen molar-refractivity contribution in [1.82, 2.24) is 24.5 Å². The van der Waals surface area contributed by atoms with Gasteiger partial charge >= 0.3 is 5.97 Å². The van der Waals surface area contributed by atoms with Crippen molar-refractivity contribution in [3.05, 3.63) is 129 Å². The molecule has 0 bridgehead atoms. The molecular formula is C31H25Cl2N5O4. The number of nitrogens with zero attached hydrogens (tertiary/aromatic N) is 5. The molecule has 0 unspecified atom stereocenters. The van der Waals surface area contributed by atoms with E-state index in [-0.39, 0.29) is 24.0 Å². The largest absolute Gasteiger partial charge is 0.462 e. The van der Waals surface area contributed by atoms with Gasteiger partial charge in [0.25, 0.3) is 5.56 Å². The Morgan fingerprint density at radius 3 is 2.38 bits per heavy atom. The predicted molar refractivity (Wildman–Crippen MR) is 159 cm³/mol. The Kier molecular flexibility index (Phi) is 8.90. The van der Waals surface area contributed by atoms with Crippen LogP contribution in [0.1, 0.15) is 34.5 Å². The summed E-state index contributed by atoms with van der Waals surface area (Å²) in [5, 5.41) is 8.48. The molecule has 42 heavy (non-hydrogen) atoms. The van der Waals surface area contributed by atoms with Gasteiger partial charge in [-0.2, -0.15) is 0 Å². The maximum atomic E-state index is 13.7. The van der Waals surface area contributed by atoms with E-state index in [4.69, 9.17) is 27.9 Å². The number of ether oxygens (including phenoxy) is 1. The van der Waals surface area contributed by atoms with Crippen LogP contribution in [0.3, 0.4) is 0 Å². The van der Waals surface area contributed by atoms with E-state index < -0.39 is 17.6 Å². The van der Waals surface area contributed by atoms with Crippen molar-refractivity contribution in [2.75, 3.05) is 6.61 Å². The van der Waals surface area contributed by atoms with Crippen LogP contribution in [-0.4, -0.2) is 42.9 Å². The van der Waals surface area contributed by atoms with Gasteiger partial charge in [-0.3, -0.25) is 14.2 Å². The highest BCUT2D eigenvalue weighted by Gasteiger charge is 2.24. The van der Waals surface area contributed by atoms with Gasteiger partial charge in [0, 0.05) is 29.5 Å². The van der Waals surface area contributed by atoms with E-state index in [1.54, 1.807) is 49.4 Å². The fraction of sp³-hybridized carbons (Fsp3) is 0.161. The predicted octanol–water partition coefficient (Wildman–Crippen LogP) is 5.57. The van der Waals surface area contributed by atoms with E-state index in [0.717, 1.165) is 5.56 Å². The average molecular weight is 602 g/mol. The van der Waals surface area contributed by atoms with Crippen LogP contribution in [0.15, 0.2) is 96.2 Å². The lowest BCUT2D eigenvalue weighted by molar-refractivity contribution is -0.121. The Labute approximate surface area is 251 Å². The monoisotopic (exact) mass is 601 g/mol. The molecule has 0 spiro atoms. The summed E-state index contributed by atoms with van der Waals surface area (Å²) in [6.07, 6.45) is 3.26. The van der Waals surface area contributed by atoms with Crippen molar-refractivity contribution in [2.45, 2.75) is 25.8 Å². The smallest absolute Gasteiger partial charge is 0.338 e. The third-order valence-corrected chi connectivity index (χ3v) is 7.01. The minimum Gasteiger partial charge on any atom is -0.462 e. The molecule has 2 aromatic heterocycles. The van der Waals surface area contributed by atoms with Crippen molar-refractivity contribution in [3.63, 3.8) is 0 Å². The Balaban J connectivity index is 1.48. The number of carbonyl (C=O) groups is 2. The number of aromatic nitrogens is 5.